The van der Waals surface area contributed by atoms with E-state index in [0.717, 1.165) is 117 Å². The number of carbonyl (C=O) groups is 4. The molecule has 0 aromatic rings. The molecule has 96 heavy (non-hydrogen) atoms. The van der Waals surface area contributed by atoms with Crippen LogP contribution in [0.3, 0.4) is 0 Å². The van der Waals surface area contributed by atoms with Crippen molar-refractivity contribution in [1.29, 1.82) is 21.0 Å². The molecule has 19 rings (SSSR count). The molecular formula is C88H114N4O4. The second-order valence-corrected chi connectivity index (χ2v) is 39.5. The number of hydrogen-bond donors (Lipinski definition) is 0. The van der Waals surface area contributed by atoms with Crippen LogP contribution in [-0.4, -0.2) is 23.1 Å². The van der Waals surface area contributed by atoms with Crippen LogP contribution in [0.1, 0.15) is 237 Å². The summed E-state index contributed by atoms with van der Waals surface area (Å²) >= 11 is 0. The molecule has 0 N–H and O–H groups in total. The fraction of sp³-hybridized carbons (Fsp3) is 0.773. The molecule has 8 nitrogen and oxygen atoms in total. The van der Waals surface area contributed by atoms with Crippen molar-refractivity contribution in [2.45, 2.75) is 237 Å². The van der Waals surface area contributed by atoms with E-state index < -0.39 is 0 Å². The summed E-state index contributed by atoms with van der Waals surface area (Å²) < 4.78 is 0. The second kappa shape index (κ2) is 21.8. The molecule has 0 saturated heterocycles. The molecule has 32 atom stereocenters. The van der Waals surface area contributed by atoms with Crippen LogP contribution in [0, 0.1) is 230 Å². The Hall–Kier alpha value is -4.92. The van der Waals surface area contributed by atoms with Gasteiger partial charge in [0, 0.05) is 25.7 Å². The minimum absolute atomic E-state index is 0.130. The second-order valence-electron chi connectivity index (χ2n) is 39.5. The predicted molar refractivity (Wildman–Crippen MR) is 373 cm³/mol. The molecule has 19 aliphatic rings. The normalized spacial score (nSPS) is 55.1. The Kier molecular flexibility index (Phi) is 14.9. The molecule has 0 radical (unpaired) electrons. The zero-order valence-corrected chi connectivity index (χ0v) is 60.8. The Balaban J connectivity index is 0.000000101. The molecule has 0 bridgehead atoms. The highest BCUT2D eigenvalue weighted by atomic mass is 16.1. The van der Waals surface area contributed by atoms with E-state index in [9.17, 15) is 40.2 Å². The first-order chi connectivity index (χ1) is 45.5. The van der Waals surface area contributed by atoms with E-state index in [1.807, 2.05) is 24.3 Å². The smallest absolute Gasteiger partial charge is 0.156 e. The summed E-state index contributed by atoms with van der Waals surface area (Å²) in [6.45, 7) is 33.1. The van der Waals surface area contributed by atoms with Crippen LogP contribution in [0.15, 0.2) is 70.4 Å². The Morgan fingerprint density at radius 1 is 0.438 bits per heavy atom. The molecule has 14 saturated carbocycles. The van der Waals surface area contributed by atoms with Gasteiger partial charge in [-0.2, -0.15) is 21.0 Å². The maximum Gasteiger partial charge on any atom is 0.156 e. The summed E-state index contributed by atoms with van der Waals surface area (Å²) in [5.41, 5.74) is 9.60. The predicted octanol–water partition coefficient (Wildman–Crippen LogP) is 19.4. The van der Waals surface area contributed by atoms with Gasteiger partial charge in [0.05, 0.1) is 47.4 Å². The Morgan fingerprint density at radius 2 is 0.927 bits per heavy atom. The van der Waals surface area contributed by atoms with Gasteiger partial charge in [-0.05, 0) is 339 Å². The molecule has 14 fully saturated rings. The van der Waals surface area contributed by atoms with Crippen molar-refractivity contribution in [2.24, 2.45) is 185 Å². The summed E-state index contributed by atoms with van der Waals surface area (Å²) in [5, 5.41) is 39.2. The van der Waals surface area contributed by atoms with E-state index >= 15 is 0 Å². The average molecular weight is 1290 g/mol. The molecule has 0 aromatic heterocycles. The van der Waals surface area contributed by atoms with E-state index in [1.54, 1.807) is 0 Å². The van der Waals surface area contributed by atoms with Crippen LogP contribution in [0.2, 0.25) is 0 Å². The number of allylic oxidation sites excluding steroid dienone is 8. The summed E-state index contributed by atoms with van der Waals surface area (Å²) in [7, 11) is 0. The van der Waals surface area contributed by atoms with Crippen LogP contribution < -0.4 is 0 Å². The van der Waals surface area contributed by atoms with Crippen LogP contribution in [0.4, 0.5) is 0 Å². The van der Waals surface area contributed by atoms with Crippen LogP contribution in [-0.2, 0) is 19.2 Å². The van der Waals surface area contributed by atoms with Crippen molar-refractivity contribution in [2.75, 3.05) is 0 Å². The molecule has 510 valence electrons. The van der Waals surface area contributed by atoms with Gasteiger partial charge in [0.15, 0.2) is 23.1 Å². The van der Waals surface area contributed by atoms with Gasteiger partial charge in [-0.1, -0.05) is 104 Å². The molecule has 0 amide bonds. The van der Waals surface area contributed by atoms with Crippen molar-refractivity contribution in [1.82, 2.24) is 0 Å². The zero-order chi connectivity index (χ0) is 67.9. The van der Waals surface area contributed by atoms with E-state index in [0.29, 0.717) is 101 Å². The van der Waals surface area contributed by atoms with E-state index in [1.165, 1.54) is 110 Å². The Labute approximate surface area is 576 Å². The summed E-state index contributed by atoms with van der Waals surface area (Å²) in [6, 6.07) is 10.8. The SMILES string of the molecule is C=C1C[C@H]2[C@@H]3[C@@H]4C[C@@H]4[C@](C)(C#N)[C@@]3(C)CC[C@@H]2[C@@]2(C)CCC(=O)C=C12.CC1=C[C@H]2[C@@H]3[C@@H]4C[C@@H]4[C@H](C#N)[C@@]3(C)CC[C@@H]2[C@@]2(C)CCC(=O)C=C12.C[C@@H]1CC2=CC(=O)CC[C@]2(C)[C@H]2CC[C@@]3(C)[C@@H]([C@@H]4C[C@@H]4[C@@H]3C#N)[C@H]12.C[C@@H]1CC2=CC(=O)CC[C@]2(C)[C@H]2CC[C@]3(C)[C@@H](C#N)CC[C@H]3[C@H]12. The topological polar surface area (TPSA) is 163 Å². The van der Waals surface area contributed by atoms with Crippen molar-refractivity contribution < 1.29 is 19.2 Å². The maximum absolute atomic E-state index is 12.0. The number of ketones is 4. The summed E-state index contributed by atoms with van der Waals surface area (Å²) in [4.78, 5) is 47.9. The molecular weight excluding hydrogens is 1180 g/mol. The number of carbonyl (C=O) groups excluding carboxylic acids is 4. The molecule has 0 spiro atoms. The van der Waals surface area contributed by atoms with Crippen LogP contribution in [0.5, 0.6) is 0 Å². The van der Waals surface area contributed by atoms with Crippen molar-refractivity contribution in [3.8, 4) is 24.3 Å². The van der Waals surface area contributed by atoms with Gasteiger partial charge < -0.3 is 0 Å². The number of hydrogen-bond acceptors (Lipinski definition) is 8. The largest absolute Gasteiger partial charge is 0.295 e. The fourth-order valence-electron chi connectivity index (χ4n) is 31.0. The van der Waals surface area contributed by atoms with E-state index in [4.69, 9.17) is 0 Å². The minimum atomic E-state index is -0.145. The molecule has 8 heteroatoms. The third-order valence-corrected chi connectivity index (χ3v) is 36.1. The lowest BCUT2D eigenvalue weighted by Gasteiger charge is -2.60. The zero-order valence-electron chi connectivity index (χ0n) is 60.8. The molecule has 19 aliphatic carbocycles. The molecule has 0 aromatic carbocycles. The van der Waals surface area contributed by atoms with Gasteiger partial charge in [-0.25, -0.2) is 0 Å². The van der Waals surface area contributed by atoms with Gasteiger partial charge in [0.25, 0.3) is 0 Å². The van der Waals surface area contributed by atoms with Crippen molar-refractivity contribution in [3.63, 3.8) is 0 Å². The Bertz CT molecular complexity index is 3770. The van der Waals surface area contributed by atoms with Gasteiger partial charge in [-0.15, -0.1) is 0 Å². The van der Waals surface area contributed by atoms with E-state index in [2.05, 4.69) is 120 Å². The standard InChI is InChI=1S/C23H29NO.C22H29NO.C22H27NO.C21H29NO/c1-13-9-15-17(21(2)7-5-14(25)10-18(13)21)6-8-22(3)20(15)16-11-19(16)23(22,4)12-24;1-12-8-13-9-14(24)4-6-21(13,2)17-5-7-22(3)18(11-23)15-10-16(15)20(22)19(12)17;1-12-8-16-17(21(2)6-4-13(24)9-18(12)21)5-7-22(3)19(11-23)14-10-15(14)20(16)22;1-13-10-15-11-16(23)6-8-21(15,3)18-7-9-20(2)14(12-22)4-5-17(20)19(13)18/h10,15-17,19-20H,1,5-9,11H2,2-4H3;9,12,15-20H,4-8,10H2,1-3H3;8-9,14-17,19-20H,4-7,10H2,1-3H3;11,13-14,17-19H,4-10H2,1-3H3/t15-,16-,17+,19+,20-,21-,22+,23+;12-,15+,16-,17+,18+,19-,20+,21+,22-;14-,15+,16+,17-,19-,20-,21+,22+;13-,14-,17+,18+,19+,20-,21+/m1101/s1. The lowest BCUT2D eigenvalue weighted by molar-refractivity contribution is -0.119. The van der Waals surface area contributed by atoms with Crippen LogP contribution in [0.25, 0.3) is 0 Å². The molecule has 0 heterocycles. The highest BCUT2D eigenvalue weighted by molar-refractivity contribution is 5.94. The number of fused-ring (bicyclic) bond motifs is 26. The number of nitriles is 4. The van der Waals surface area contributed by atoms with Gasteiger partial charge in [0.1, 0.15) is 0 Å². The maximum atomic E-state index is 12.0. The average Bonchev–Trinajstić information content (AvgIpc) is 1.50. The molecule has 0 unspecified atom stereocenters. The highest BCUT2D eigenvalue weighted by Gasteiger charge is 2.77. The fourth-order valence-corrected chi connectivity index (χ4v) is 31.0. The third-order valence-electron chi connectivity index (χ3n) is 36.1. The summed E-state index contributed by atoms with van der Waals surface area (Å²) in [5.74, 6) is 16.3. The van der Waals surface area contributed by atoms with Gasteiger partial charge >= 0.3 is 0 Å². The van der Waals surface area contributed by atoms with Gasteiger partial charge in [-0.3, -0.25) is 19.2 Å². The van der Waals surface area contributed by atoms with Gasteiger partial charge in [0.2, 0.25) is 0 Å². The van der Waals surface area contributed by atoms with Crippen molar-refractivity contribution >= 4 is 23.1 Å². The van der Waals surface area contributed by atoms with E-state index in [-0.39, 0.29) is 66.4 Å². The first kappa shape index (κ1) is 65.7. The van der Waals surface area contributed by atoms with Crippen LogP contribution >= 0.6 is 0 Å². The lowest BCUT2D eigenvalue weighted by Crippen LogP contribution is -2.54. The Morgan fingerprint density at radius 3 is 1.50 bits per heavy atom. The first-order valence-electron chi connectivity index (χ1n) is 39.4. The summed E-state index contributed by atoms with van der Waals surface area (Å²) in [6.07, 6.45) is 36.6. The number of nitrogens with zero attached hydrogens (tertiary/aromatic N) is 4. The number of rotatable bonds is 0. The quantitative estimate of drug-likeness (QED) is 0.231. The minimum Gasteiger partial charge on any atom is -0.295 e. The molecule has 0 aliphatic heterocycles. The lowest BCUT2D eigenvalue weighted by atomic mass is 9.44. The monoisotopic (exact) mass is 1290 g/mol. The third kappa shape index (κ3) is 8.81. The first-order valence-corrected chi connectivity index (χ1v) is 39.4. The highest BCUT2D eigenvalue weighted by Crippen LogP contribution is 2.81. The van der Waals surface area contributed by atoms with Crippen molar-refractivity contribution in [3.05, 3.63) is 70.4 Å².